The van der Waals surface area contributed by atoms with Crippen LogP contribution in [0.25, 0.3) is 0 Å². The number of fused-ring (bicyclic) bond motifs is 7. The van der Waals surface area contributed by atoms with Crippen molar-refractivity contribution in [3.05, 3.63) is 11.6 Å². The first-order valence-electron chi connectivity index (χ1n) is 24.9. The van der Waals surface area contributed by atoms with Gasteiger partial charge in [0.05, 0.1) is 43.9 Å². The fraction of sp³-hybridized carbons (Fsp3) is 0.918. The van der Waals surface area contributed by atoms with Gasteiger partial charge in [0.1, 0.15) is 73.2 Å². The van der Waals surface area contributed by atoms with Crippen LogP contribution in [0, 0.1) is 50.2 Å². The van der Waals surface area contributed by atoms with Crippen LogP contribution in [-0.2, 0) is 42.7 Å². The lowest BCUT2D eigenvalue weighted by Gasteiger charge is -2.71. The van der Waals surface area contributed by atoms with Crippen molar-refractivity contribution >= 4 is 11.9 Å². The monoisotopic (exact) mass is 987 g/mol. The molecule has 0 bridgehead atoms. The Bertz CT molecular complexity index is 1910. The summed E-state index contributed by atoms with van der Waals surface area (Å²) in [7, 11) is 1.36. The van der Waals surface area contributed by atoms with Gasteiger partial charge in [-0.25, -0.2) is 0 Å². The summed E-state index contributed by atoms with van der Waals surface area (Å²) in [6.45, 7) is 11.1. The maximum Gasteiger partial charge on any atom is 0.315 e. The molecule has 0 aromatic rings. The van der Waals surface area contributed by atoms with E-state index in [4.69, 9.17) is 33.2 Å². The lowest BCUT2D eigenvalue weighted by atomic mass is 9.33. The Balaban J connectivity index is 1.07. The second kappa shape index (κ2) is 19.1. The Morgan fingerprint density at radius 2 is 1.16 bits per heavy atom. The van der Waals surface area contributed by atoms with Gasteiger partial charge in [-0.15, -0.1) is 0 Å². The van der Waals surface area contributed by atoms with Gasteiger partial charge in [-0.3, -0.25) is 9.59 Å². The molecule has 24 atom stereocenters. The highest BCUT2D eigenvalue weighted by molar-refractivity contribution is 5.81. The summed E-state index contributed by atoms with van der Waals surface area (Å²) in [6.07, 6.45) is -16.4. The predicted octanol–water partition coefficient (Wildman–Crippen LogP) is -0.706. The lowest BCUT2D eigenvalue weighted by molar-refractivity contribution is -0.378. The van der Waals surface area contributed by atoms with Gasteiger partial charge in [0.2, 0.25) is 6.29 Å². The first kappa shape index (κ1) is 53.3. The van der Waals surface area contributed by atoms with Gasteiger partial charge in [0, 0.05) is 0 Å². The number of aliphatic hydroxyl groups is 11. The standard InChI is InChI=1S/C49H78O20/c1-44(2)27-10-13-48(6)28(46(27,4)12-11-29(44)67-41-38(35(58)32(55)26(21-52)66-41)68-39-36(59)33(56)30(53)24(19-50)64-39)9-8-22-23-18-45(3,42(61)63-7)14-16-49(23,17-15-47(22,48)5)43(62)69-40-37(60)34(57)31(54)25(20-51)65-40/h8,23-41,50-60H,9-21H2,1-7H3/t23-,24-,25-,26-,27-,28+,29+,30-,31-,32-,33+,34+,35+,36-,37-,38-,39+,40+,41+,45+,46+,47-,48-,49+/m1/s1. The normalized spacial score (nSPS) is 52.8. The second-order valence-corrected chi connectivity index (χ2v) is 23.4. The van der Waals surface area contributed by atoms with E-state index in [0.717, 1.165) is 24.8 Å². The molecule has 11 N–H and O–H groups in total. The smallest absolute Gasteiger partial charge is 0.315 e. The van der Waals surface area contributed by atoms with Crippen molar-refractivity contribution in [3.8, 4) is 0 Å². The van der Waals surface area contributed by atoms with E-state index in [9.17, 15) is 65.8 Å². The zero-order chi connectivity index (χ0) is 50.6. The fourth-order valence-corrected chi connectivity index (χ4v) is 15.3. The molecule has 7 fully saturated rings. The quantitative estimate of drug-likeness (QED) is 0.0732. The zero-order valence-corrected chi connectivity index (χ0v) is 40.8. The van der Waals surface area contributed by atoms with Gasteiger partial charge < -0.3 is 89.3 Å². The third-order valence-electron chi connectivity index (χ3n) is 19.8. The summed E-state index contributed by atoms with van der Waals surface area (Å²) in [5.41, 5.74) is -2.45. The van der Waals surface area contributed by atoms with Crippen molar-refractivity contribution in [2.45, 2.75) is 204 Å². The van der Waals surface area contributed by atoms with Crippen molar-refractivity contribution in [3.63, 3.8) is 0 Å². The molecular formula is C49H78O20. The van der Waals surface area contributed by atoms with E-state index < -0.39 is 152 Å². The Kier molecular flexibility index (Phi) is 14.7. The van der Waals surface area contributed by atoms with Crippen LogP contribution in [0.5, 0.6) is 0 Å². The number of carbonyl (C=O) groups is 2. The van der Waals surface area contributed by atoms with E-state index in [1.54, 1.807) is 0 Å². The summed E-state index contributed by atoms with van der Waals surface area (Å²) in [5, 5.41) is 116. The molecule has 0 spiro atoms. The number of aliphatic hydroxyl groups excluding tert-OH is 11. The molecular weight excluding hydrogens is 909 g/mol. The number of hydrogen-bond acceptors (Lipinski definition) is 20. The molecule has 3 aliphatic heterocycles. The molecule has 0 amide bonds. The summed E-state index contributed by atoms with van der Waals surface area (Å²) in [6, 6.07) is 0. The summed E-state index contributed by atoms with van der Waals surface area (Å²) < 4.78 is 41.4. The topological polar surface area (TPSA) is 321 Å². The van der Waals surface area contributed by atoms with E-state index in [0.29, 0.717) is 38.5 Å². The molecule has 69 heavy (non-hydrogen) atoms. The van der Waals surface area contributed by atoms with Crippen molar-refractivity contribution in [1.29, 1.82) is 0 Å². The minimum absolute atomic E-state index is 0.0893. The maximum atomic E-state index is 14.8. The van der Waals surface area contributed by atoms with Crippen molar-refractivity contribution < 1.29 is 98.9 Å². The van der Waals surface area contributed by atoms with Gasteiger partial charge >= 0.3 is 11.9 Å². The van der Waals surface area contributed by atoms with Crippen molar-refractivity contribution in [1.82, 2.24) is 0 Å². The first-order chi connectivity index (χ1) is 32.3. The predicted molar refractivity (Wildman–Crippen MR) is 237 cm³/mol. The zero-order valence-electron chi connectivity index (χ0n) is 40.8. The largest absolute Gasteiger partial charge is 0.469 e. The van der Waals surface area contributed by atoms with E-state index in [-0.39, 0.29) is 35.1 Å². The van der Waals surface area contributed by atoms with Gasteiger partial charge in [-0.2, -0.15) is 0 Å². The number of carbonyl (C=O) groups excluding carboxylic acids is 2. The van der Waals surface area contributed by atoms with Gasteiger partial charge in [0.25, 0.3) is 0 Å². The molecule has 8 rings (SSSR count). The van der Waals surface area contributed by atoms with Gasteiger partial charge in [-0.05, 0) is 111 Å². The molecule has 3 heterocycles. The highest BCUT2D eigenvalue weighted by Gasteiger charge is 2.71. The SMILES string of the molecule is COC(=O)[C@@]1(C)CC[C@]2(C(=O)O[C@@H]3O[C@H](CO)[C@@H](O)[C@H](O)[C@H]3O)CC[C@]3(C)C(=CC[C@H]4[C@@]5(C)CC[C@H](O[C@@H]6O[C@H](CO)[C@@H](O)[C@H](O)[C@H]6O[C@@H]6O[C@H](CO)[C@@H](O)[C@H](O)[C@H]6O)C(C)(C)[C@H]5CC[C@]43C)[C@H]2C1. The van der Waals surface area contributed by atoms with E-state index in [1.165, 1.54) is 7.11 Å². The van der Waals surface area contributed by atoms with Crippen LogP contribution in [0.2, 0.25) is 0 Å². The van der Waals surface area contributed by atoms with Crippen LogP contribution in [0.3, 0.4) is 0 Å². The lowest BCUT2D eigenvalue weighted by Crippen LogP contribution is -2.67. The van der Waals surface area contributed by atoms with Gasteiger partial charge in [-0.1, -0.05) is 46.3 Å². The summed E-state index contributed by atoms with van der Waals surface area (Å²) >= 11 is 0. The average molecular weight is 987 g/mol. The van der Waals surface area contributed by atoms with Crippen molar-refractivity contribution in [2.75, 3.05) is 26.9 Å². The molecule has 20 heteroatoms. The average Bonchev–Trinajstić information content (AvgIpc) is 3.31. The molecule has 5 aliphatic carbocycles. The van der Waals surface area contributed by atoms with Crippen LogP contribution in [0.4, 0.5) is 0 Å². The number of ether oxygens (including phenoxy) is 7. The van der Waals surface area contributed by atoms with Gasteiger partial charge in [0.15, 0.2) is 12.6 Å². The molecule has 4 saturated carbocycles. The van der Waals surface area contributed by atoms with Crippen LogP contribution in [-0.4, -0.2) is 193 Å². The molecule has 0 aromatic heterocycles. The Hall–Kier alpha value is -1.96. The molecule has 3 saturated heterocycles. The Morgan fingerprint density at radius 1 is 0.609 bits per heavy atom. The third-order valence-corrected chi connectivity index (χ3v) is 19.8. The molecule has 0 radical (unpaired) electrons. The minimum Gasteiger partial charge on any atom is -0.469 e. The van der Waals surface area contributed by atoms with E-state index >= 15 is 0 Å². The Morgan fingerprint density at radius 3 is 1.75 bits per heavy atom. The number of allylic oxidation sites excluding steroid dienone is 2. The van der Waals surface area contributed by atoms with Crippen LogP contribution in [0.15, 0.2) is 11.6 Å². The first-order valence-corrected chi connectivity index (χ1v) is 24.9. The number of esters is 2. The number of methoxy groups -OCH3 is 1. The summed E-state index contributed by atoms with van der Waals surface area (Å²) in [4.78, 5) is 28.3. The number of rotatable bonds is 10. The fourth-order valence-electron chi connectivity index (χ4n) is 15.3. The van der Waals surface area contributed by atoms with Crippen LogP contribution in [0.1, 0.15) is 106 Å². The van der Waals surface area contributed by atoms with Crippen molar-refractivity contribution in [2.24, 2.45) is 50.2 Å². The molecule has 0 unspecified atom stereocenters. The molecule has 20 nitrogen and oxygen atoms in total. The third kappa shape index (κ3) is 8.26. The summed E-state index contributed by atoms with van der Waals surface area (Å²) in [5.74, 6) is -1.22. The minimum atomic E-state index is -1.81. The molecule has 394 valence electrons. The van der Waals surface area contributed by atoms with E-state index in [1.807, 2.05) is 6.92 Å². The molecule has 8 aliphatic rings. The highest BCUT2D eigenvalue weighted by Crippen LogP contribution is 2.76. The van der Waals surface area contributed by atoms with Crippen LogP contribution < -0.4 is 0 Å². The van der Waals surface area contributed by atoms with E-state index in [2.05, 4.69) is 40.7 Å². The second-order valence-electron chi connectivity index (χ2n) is 23.4. The number of hydrogen-bond donors (Lipinski definition) is 11. The molecule has 0 aromatic carbocycles. The van der Waals surface area contributed by atoms with Crippen LogP contribution >= 0.6 is 0 Å². The highest BCUT2D eigenvalue weighted by atomic mass is 16.8. The Labute approximate surface area is 402 Å². The maximum absolute atomic E-state index is 14.8.